The van der Waals surface area contributed by atoms with Gasteiger partial charge in [0.25, 0.3) is 0 Å². The van der Waals surface area contributed by atoms with Gasteiger partial charge < -0.3 is 26.4 Å². The van der Waals surface area contributed by atoms with Gasteiger partial charge in [-0.15, -0.1) is 0 Å². The quantitative estimate of drug-likeness (QED) is 0.514. The summed E-state index contributed by atoms with van der Waals surface area (Å²) < 4.78 is 4.85. The molecule has 0 aliphatic carbocycles. The zero-order valence-electron chi connectivity index (χ0n) is 7.90. The van der Waals surface area contributed by atoms with Gasteiger partial charge in [-0.3, -0.25) is 0 Å². The first-order valence-electron chi connectivity index (χ1n) is 4.15. The standard InChI is InChI=1S/C9H14N2O3/c1-14-8-3-5(6(11)4-10)2-7(12)9(8)13/h2-3,6,12-13H,4,10-11H2,1H3. The van der Waals surface area contributed by atoms with Crippen LogP contribution in [-0.2, 0) is 0 Å². The average molecular weight is 198 g/mol. The van der Waals surface area contributed by atoms with Crippen LogP contribution in [0.15, 0.2) is 12.1 Å². The highest BCUT2D eigenvalue weighted by molar-refractivity contribution is 5.52. The zero-order chi connectivity index (χ0) is 10.7. The van der Waals surface area contributed by atoms with E-state index in [1.807, 2.05) is 0 Å². The third-order valence-corrected chi connectivity index (χ3v) is 1.98. The van der Waals surface area contributed by atoms with E-state index in [0.717, 1.165) is 0 Å². The number of methoxy groups -OCH3 is 1. The van der Waals surface area contributed by atoms with Gasteiger partial charge in [0.2, 0.25) is 5.75 Å². The molecule has 0 radical (unpaired) electrons. The van der Waals surface area contributed by atoms with Crippen molar-refractivity contribution >= 4 is 0 Å². The van der Waals surface area contributed by atoms with Crippen molar-refractivity contribution < 1.29 is 14.9 Å². The summed E-state index contributed by atoms with van der Waals surface area (Å²) >= 11 is 0. The minimum absolute atomic E-state index is 0.184. The van der Waals surface area contributed by atoms with E-state index in [2.05, 4.69) is 0 Å². The fourth-order valence-corrected chi connectivity index (χ4v) is 1.12. The van der Waals surface area contributed by atoms with Gasteiger partial charge in [0.05, 0.1) is 7.11 Å². The van der Waals surface area contributed by atoms with Crippen LogP contribution >= 0.6 is 0 Å². The second kappa shape index (κ2) is 4.17. The average Bonchev–Trinajstić information content (AvgIpc) is 2.20. The molecule has 1 unspecified atom stereocenters. The minimum Gasteiger partial charge on any atom is -0.504 e. The molecule has 6 N–H and O–H groups in total. The maximum absolute atomic E-state index is 9.33. The van der Waals surface area contributed by atoms with Gasteiger partial charge in [0.1, 0.15) is 0 Å². The molecule has 14 heavy (non-hydrogen) atoms. The second-order valence-corrected chi connectivity index (χ2v) is 2.93. The molecule has 5 heteroatoms. The number of phenols is 2. The summed E-state index contributed by atoms with van der Waals surface area (Å²) in [4.78, 5) is 0. The second-order valence-electron chi connectivity index (χ2n) is 2.93. The Hall–Kier alpha value is -1.46. The summed E-state index contributed by atoms with van der Waals surface area (Å²) in [6, 6.07) is 2.54. The van der Waals surface area contributed by atoms with Crippen LogP contribution in [0.1, 0.15) is 11.6 Å². The molecule has 0 fully saturated rings. The van der Waals surface area contributed by atoms with Crippen LogP contribution in [0.3, 0.4) is 0 Å². The van der Waals surface area contributed by atoms with E-state index in [1.54, 1.807) is 6.07 Å². The molecule has 1 atom stereocenters. The number of hydrogen-bond donors (Lipinski definition) is 4. The van der Waals surface area contributed by atoms with Gasteiger partial charge in [0, 0.05) is 12.6 Å². The summed E-state index contributed by atoms with van der Waals surface area (Å²) in [5.74, 6) is -0.368. The van der Waals surface area contributed by atoms with Crippen molar-refractivity contribution in [3.63, 3.8) is 0 Å². The third kappa shape index (κ3) is 1.89. The number of ether oxygens (including phenoxy) is 1. The highest BCUT2D eigenvalue weighted by Gasteiger charge is 2.12. The highest BCUT2D eigenvalue weighted by atomic mass is 16.5. The Morgan fingerprint density at radius 2 is 2.07 bits per heavy atom. The van der Waals surface area contributed by atoms with Gasteiger partial charge in [-0.1, -0.05) is 0 Å². The third-order valence-electron chi connectivity index (χ3n) is 1.98. The van der Waals surface area contributed by atoms with E-state index in [1.165, 1.54) is 13.2 Å². The molecule has 0 saturated carbocycles. The largest absolute Gasteiger partial charge is 0.504 e. The number of aromatic hydroxyl groups is 2. The van der Waals surface area contributed by atoms with Crippen molar-refractivity contribution in [1.82, 2.24) is 0 Å². The van der Waals surface area contributed by atoms with Crippen molar-refractivity contribution in [3.05, 3.63) is 17.7 Å². The van der Waals surface area contributed by atoms with Gasteiger partial charge in [-0.2, -0.15) is 0 Å². The topological polar surface area (TPSA) is 102 Å². The van der Waals surface area contributed by atoms with E-state index in [4.69, 9.17) is 16.2 Å². The molecule has 1 rings (SSSR count). The lowest BCUT2D eigenvalue weighted by molar-refractivity contribution is 0.350. The van der Waals surface area contributed by atoms with Gasteiger partial charge >= 0.3 is 0 Å². The summed E-state index contributed by atoms with van der Waals surface area (Å²) in [6.45, 7) is 0.257. The number of nitrogens with two attached hydrogens (primary N) is 2. The SMILES string of the molecule is COc1cc(C(N)CN)cc(O)c1O. The predicted molar refractivity (Wildman–Crippen MR) is 52.3 cm³/mol. The Kier molecular flexibility index (Phi) is 3.16. The molecule has 0 aliphatic rings. The Balaban J connectivity index is 3.16. The molecule has 0 saturated heterocycles. The Bertz CT molecular complexity index is 328. The lowest BCUT2D eigenvalue weighted by atomic mass is 10.1. The molecule has 5 nitrogen and oxygen atoms in total. The summed E-state index contributed by atoms with van der Waals surface area (Å²) in [6.07, 6.45) is 0. The fraction of sp³-hybridized carbons (Fsp3) is 0.333. The number of phenolic OH excluding ortho intramolecular Hbond substituents is 2. The van der Waals surface area contributed by atoms with Crippen LogP contribution in [0.5, 0.6) is 17.2 Å². The van der Waals surface area contributed by atoms with Gasteiger partial charge in [0.15, 0.2) is 11.5 Å². The first-order chi connectivity index (χ1) is 6.60. The Labute approximate surface area is 81.9 Å². The molecule has 0 heterocycles. The monoisotopic (exact) mass is 198 g/mol. The van der Waals surface area contributed by atoms with Gasteiger partial charge in [-0.05, 0) is 17.7 Å². The number of rotatable bonds is 3. The minimum atomic E-state index is -0.379. The molecular formula is C9H14N2O3. The molecule has 0 amide bonds. The van der Waals surface area contributed by atoms with Crippen molar-refractivity contribution in [2.24, 2.45) is 11.5 Å². The normalized spacial score (nSPS) is 12.5. The smallest absolute Gasteiger partial charge is 0.200 e. The zero-order valence-corrected chi connectivity index (χ0v) is 7.90. The molecule has 0 spiro atoms. The van der Waals surface area contributed by atoms with Crippen molar-refractivity contribution in [1.29, 1.82) is 0 Å². The summed E-state index contributed by atoms with van der Waals surface area (Å²) in [5.41, 5.74) is 11.7. The van der Waals surface area contributed by atoms with E-state index >= 15 is 0 Å². The number of benzene rings is 1. The van der Waals surface area contributed by atoms with E-state index in [0.29, 0.717) is 5.56 Å². The summed E-state index contributed by atoms with van der Waals surface area (Å²) in [7, 11) is 1.40. The maximum Gasteiger partial charge on any atom is 0.200 e. The summed E-state index contributed by atoms with van der Waals surface area (Å²) in [5, 5.41) is 18.7. The van der Waals surface area contributed by atoms with Crippen LogP contribution in [0.25, 0.3) is 0 Å². The maximum atomic E-state index is 9.33. The Morgan fingerprint density at radius 1 is 1.43 bits per heavy atom. The first kappa shape index (κ1) is 10.6. The molecule has 78 valence electrons. The van der Waals surface area contributed by atoms with E-state index in [9.17, 15) is 10.2 Å². The molecule has 0 bridgehead atoms. The van der Waals surface area contributed by atoms with E-state index in [-0.39, 0.29) is 29.8 Å². The van der Waals surface area contributed by atoms with Crippen molar-refractivity contribution in [3.8, 4) is 17.2 Å². The van der Waals surface area contributed by atoms with Crippen LogP contribution in [-0.4, -0.2) is 23.9 Å². The van der Waals surface area contributed by atoms with Crippen LogP contribution < -0.4 is 16.2 Å². The molecule has 0 aromatic heterocycles. The van der Waals surface area contributed by atoms with Crippen molar-refractivity contribution in [2.45, 2.75) is 6.04 Å². The predicted octanol–water partition coefficient (Wildman–Crippen LogP) is 0.0649. The van der Waals surface area contributed by atoms with Crippen molar-refractivity contribution in [2.75, 3.05) is 13.7 Å². The molecule has 0 aliphatic heterocycles. The van der Waals surface area contributed by atoms with E-state index < -0.39 is 0 Å². The highest BCUT2D eigenvalue weighted by Crippen LogP contribution is 2.37. The van der Waals surface area contributed by atoms with Crippen LogP contribution in [0, 0.1) is 0 Å². The lowest BCUT2D eigenvalue weighted by Gasteiger charge is -2.12. The molecule has 1 aromatic carbocycles. The lowest BCUT2D eigenvalue weighted by Crippen LogP contribution is -2.20. The van der Waals surface area contributed by atoms with Crippen LogP contribution in [0.2, 0.25) is 0 Å². The van der Waals surface area contributed by atoms with Crippen LogP contribution in [0.4, 0.5) is 0 Å². The first-order valence-corrected chi connectivity index (χ1v) is 4.15. The molecule has 1 aromatic rings. The fourth-order valence-electron chi connectivity index (χ4n) is 1.12. The number of hydrogen-bond acceptors (Lipinski definition) is 5. The Morgan fingerprint density at radius 3 is 2.57 bits per heavy atom. The van der Waals surface area contributed by atoms with Gasteiger partial charge in [-0.25, -0.2) is 0 Å². The molecular weight excluding hydrogens is 184 g/mol.